The fourth-order valence-corrected chi connectivity index (χ4v) is 3.60. The van der Waals surface area contributed by atoms with Crippen molar-refractivity contribution in [1.82, 2.24) is 14.8 Å². The van der Waals surface area contributed by atoms with Crippen molar-refractivity contribution in [2.45, 2.75) is 51.6 Å². The number of hydrogen-bond donors (Lipinski definition) is 1. The average molecular weight is 261 g/mol. The molecule has 1 aliphatic carbocycles. The van der Waals surface area contributed by atoms with Crippen molar-refractivity contribution in [2.75, 3.05) is 26.2 Å². The van der Waals surface area contributed by atoms with Crippen molar-refractivity contribution in [3.05, 3.63) is 23.5 Å². The van der Waals surface area contributed by atoms with Gasteiger partial charge < -0.3 is 14.8 Å². The molecule has 1 saturated heterocycles. The van der Waals surface area contributed by atoms with E-state index in [1.54, 1.807) is 11.1 Å². The van der Waals surface area contributed by atoms with Crippen molar-refractivity contribution in [3.8, 4) is 0 Å². The van der Waals surface area contributed by atoms with Crippen LogP contribution in [0.25, 0.3) is 0 Å². The zero-order valence-electron chi connectivity index (χ0n) is 12.2. The molecule has 1 aromatic heterocycles. The molecule has 3 nitrogen and oxygen atoms in total. The van der Waals surface area contributed by atoms with Gasteiger partial charge in [-0.2, -0.15) is 0 Å². The molecule has 106 valence electrons. The Morgan fingerprint density at radius 1 is 1.16 bits per heavy atom. The number of likely N-dealkylation sites (tertiary alicyclic amines) is 1. The van der Waals surface area contributed by atoms with E-state index in [0.29, 0.717) is 6.04 Å². The molecule has 1 aliphatic heterocycles. The van der Waals surface area contributed by atoms with E-state index in [0.717, 1.165) is 13.1 Å². The molecule has 1 aromatic rings. The van der Waals surface area contributed by atoms with Gasteiger partial charge in [0.1, 0.15) is 0 Å². The topological polar surface area (TPSA) is 20.2 Å². The highest BCUT2D eigenvalue weighted by Gasteiger charge is 2.21. The smallest absolute Gasteiger partial charge is 0.0347 e. The van der Waals surface area contributed by atoms with E-state index >= 15 is 0 Å². The first kappa shape index (κ1) is 13.2. The van der Waals surface area contributed by atoms with Crippen LogP contribution in [-0.4, -0.2) is 35.6 Å². The molecular formula is C16H27N3. The predicted octanol–water partition coefficient (Wildman–Crippen LogP) is 2.57. The van der Waals surface area contributed by atoms with Gasteiger partial charge in [0.2, 0.25) is 0 Å². The van der Waals surface area contributed by atoms with Gasteiger partial charge in [-0.1, -0.05) is 6.92 Å². The van der Waals surface area contributed by atoms with E-state index in [1.165, 1.54) is 51.7 Å². The first-order valence-electron chi connectivity index (χ1n) is 8.01. The molecule has 0 amide bonds. The third-order valence-electron chi connectivity index (χ3n) is 4.64. The number of aryl methyl sites for hydroxylation is 1. The van der Waals surface area contributed by atoms with Gasteiger partial charge in [0.25, 0.3) is 0 Å². The highest BCUT2D eigenvalue weighted by molar-refractivity contribution is 5.30. The van der Waals surface area contributed by atoms with E-state index in [-0.39, 0.29) is 0 Å². The van der Waals surface area contributed by atoms with Crippen LogP contribution in [0.15, 0.2) is 12.4 Å². The molecule has 0 spiro atoms. The van der Waals surface area contributed by atoms with E-state index in [2.05, 4.69) is 34.1 Å². The molecule has 19 heavy (non-hydrogen) atoms. The minimum Gasteiger partial charge on any atom is -0.352 e. The fourth-order valence-electron chi connectivity index (χ4n) is 3.60. The number of fused-ring (bicyclic) bond motifs is 1. The molecule has 2 aliphatic rings. The van der Waals surface area contributed by atoms with Gasteiger partial charge in [0.05, 0.1) is 0 Å². The van der Waals surface area contributed by atoms with Crippen LogP contribution >= 0.6 is 0 Å². The van der Waals surface area contributed by atoms with E-state index < -0.39 is 0 Å². The summed E-state index contributed by atoms with van der Waals surface area (Å²) in [5.41, 5.74) is 3.15. The summed E-state index contributed by atoms with van der Waals surface area (Å²) in [6.45, 7) is 8.27. The Hall–Kier alpha value is -0.800. The fraction of sp³-hybridized carbons (Fsp3) is 0.750. The number of hydrogen-bond acceptors (Lipinski definition) is 2. The Kier molecular flexibility index (Phi) is 4.24. The van der Waals surface area contributed by atoms with Gasteiger partial charge in [0.15, 0.2) is 0 Å². The van der Waals surface area contributed by atoms with Crippen molar-refractivity contribution in [1.29, 1.82) is 0 Å². The summed E-state index contributed by atoms with van der Waals surface area (Å²) in [7, 11) is 0. The van der Waals surface area contributed by atoms with Crippen molar-refractivity contribution >= 4 is 0 Å². The normalized spacial score (nSPS) is 23.7. The van der Waals surface area contributed by atoms with Crippen molar-refractivity contribution < 1.29 is 0 Å². The third kappa shape index (κ3) is 3.03. The van der Waals surface area contributed by atoms with Crippen LogP contribution in [0.1, 0.15) is 49.8 Å². The van der Waals surface area contributed by atoms with E-state index in [4.69, 9.17) is 0 Å². The van der Waals surface area contributed by atoms with Crippen LogP contribution < -0.4 is 5.32 Å². The maximum atomic E-state index is 3.63. The number of rotatable bonds is 5. The molecule has 2 heterocycles. The minimum atomic E-state index is 0.599. The van der Waals surface area contributed by atoms with Crippen LogP contribution in [0.2, 0.25) is 0 Å². The lowest BCUT2D eigenvalue weighted by molar-refractivity contribution is 0.322. The molecule has 3 heteroatoms. The second-order valence-corrected chi connectivity index (χ2v) is 6.03. The lowest BCUT2D eigenvalue weighted by atomic mass is 9.91. The lowest BCUT2D eigenvalue weighted by Gasteiger charge is -2.22. The van der Waals surface area contributed by atoms with Crippen molar-refractivity contribution in [2.24, 2.45) is 0 Å². The van der Waals surface area contributed by atoms with E-state index in [9.17, 15) is 0 Å². The van der Waals surface area contributed by atoms with Crippen LogP contribution in [0.4, 0.5) is 0 Å². The Balaban J connectivity index is 1.63. The summed E-state index contributed by atoms with van der Waals surface area (Å²) >= 11 is 0. The Bertz CT molecular complexity index is 404. The van der Waals surface area contributed by atoms with Crippen LogP contribution in [0, 0.1) is 0 Å². The molecule has 1 N–H and O–H groups in total. The Morgan fingerprint density at radius 3 is 2.79 bits per heavy atom. The summed E-state index contributed by atoms with van der Waals surface area (Å²) in [5.74, 6) is 0. The average Bonchev–Trinajstić information content (AvgIpc) is 3.06. The van der Waals surface area contributed by atoms with Crippen LogP contribution in [0.3, 0.4) is 0 Å². The molecule has 0 radical (unpaired) electrons. The summed E-state index contributed by atoms with van der Waals surface area (Å²) in [6, 6.07) is 0.599. The Morgan fingerprint density at radius 2 is 2.00 bits per heavy atom. The van der Waals surface area contributed by atoms with E-state index in [1.807, 2.05) is 0 Å². The molecule has 1 atom stereocenters. The number of nitrogens with zero attached hydrogens (tertiary/aromatic N) is 2. The molecule has 0 saturated carbocycles. The van der Waals surface area contributed by atoms with Gasteiger partial charge in [-0.05, 0) is 62.9 Å². The molecule has 1 unspecified atom stereocenters. The summed E-state index contributed by atoms with van der Waals surface area (Å²) in [5, 5.41) is 3.63. The maximum Gasteiger partial charge on any atom is 0.0347 e. The number of nitrogens with one attached hydrogen (secondary N) is 1. The molecule has 0 bridgehead atoms. The third-order valence-corrected chi connectivity index (χ3v) is 4.64. The maximum absolute atomic E-state index is 3.63. The highest BCUT2D eigenvalue weighted by Crippen LogP contribution is 2.30. The van der Waals surface area contributed by atoms with Crippen molar-refractivity contribution in [3.63, 3.8) is 0 Å². The zero-order chi connectivity index (χ0) is 13.1. The monoisotopic (exact) mass is 261 g/mol. The summed E-state index contributed by atoms with van der Waals surface area (Å²) < 4.78 is 2.43. The molecular weight excluding hydrogens is 234 g/mol. The van der Waals surface area contributed by atoms with Gasteiger partial charge in [-0.25, -0.2) is 0 Å². The summed E-state index contributed by atoms with van der Waals surface area (Å²) in [4.78, 5) is 2.60. The van der Waals surface area contributed by atoms with Gasteiger partial charge in [0, 0.05) is 31.5 Å². The molecule has 0 aromatic carbocycles. The molecule has 3 rings (SSSR count). The minimum absolute atomic E-state index is 0.599. The second kappa shape index (κ2) is 6.10. The lowest BCUT2D eigenvalue weighted by Crippen LogP contribution is -2.24. The summed E-state index contributed by atoms with van der Waals surface area (Å²) in [6.07, 6.45) is 11.5. The first-order chi connectivity index (χ1) is 9.36. The quantitative estimate of drug-likeness (QED) is 0.879. The van der Waals surface area contributed by atoms with Gasteiger partial charge in [-0.3, -0.25) is 0 Å². The standard InChI is InChI=1S/C16H27N3/c1-2-17-16-7-5-6-14-12-19(13-15(14)16)11-10-18-8-3-4-9-18/h12-13,16-17H,2-11H2,1H3. The van der Waals surface area contributed by atoms with Gasteiger partial charge >= 0.3 is 0 Å². The Labute approximate surface area is 117 Å². The largest absolute Gasteiger partial charge is 0.352 e. The van der Waals surface area contributed by atoms with Crippen LogP contribution in [-0.2, 0) is 13.0 Å². The zero-order valence-corrected chi connectivity index (χ0v) is 12.2. The predicted molar refractivity (Wildman–Crippen MR) is 79.5 cm³/mol. The molecule has 1 fully saturated rings. The van der Waals surface area contributed by atoms with Gasteiger partial charge in [-0.15, -0.1) is 0 Å². The SMILES string of the molecule is CCNC1CCCc2cn(CCN3CCCC3)cc21. The number of aromatic nitrogens is 1. The highest BCUT2D eigenvalue weighted by atomic mass is 15.2. The second-order valence-electron chi connectivity index (χ2n) is 6.03. The first-order valence-corrected chi connectivity index (χ1v) is 8.01. The van der Waals surface area contributed by atoms with Crippen LogP contribution in [0.5, 0.6) is 0 Å².